The number of ether oxygens (including phenoxy) is 1. The number of carboxylic acids is 1. The van der Waals surface area contributed by atoms with E-state index < -0.39 is 12.1 Å². The number of rotatable bonds is 4. The van der Waals surface area contributed by atoms with Crippen LogP contribution in [0.5, 0.6) is 0 Å². The van der Waals surface area contributed by atoms with E-state index in [1.165, 1.54) is 6.92 Å². The average molecular weight is 233 g/mol. The Morgan fingerprint density at radius 2 is 1.75 bits per heavy atom. The predicted molar refractivity (Wildman–Crippen MR) is 58.8 cm³/mol. The van der Waals surface area contributed by atoms with Gasteiger partial charge in [0.1, 0.15) is 6.10 Å². The van der Waals surface area contributed by atoms with Crippen molar-refractivity contribution in [3.8, 4) is 0 Å². The highest BCUT2D eigenvalue weighted by atomic mass is 16.6. The van der Waals surface area contributed by atoms with Crippen molar-refractivity contribution in [2.45, 2.75) is 26.2 Å². The highest BCUT2D eigenvalue weighted by Gasteiger charge is 2.06. The van der Waals surface area contributed by atoms with Gasteiger partial charge in [-0.3, -0.25) is 4.90 Å². The van der Waals surface area contributed by atoms with Crippen LogP contribution in [0, 0.1) is 0 Å². The first-order valence-corrected chi connectivity index (χ1v) is 4.62. The molecule has 2 atom stereocenters. The first-order valence-electron chi connectivity index (χ1n) is 4.62. The van der Waals surface area contributed by atoms with Crippen molar-refractivity contribution in [2.75, 3.05) is 14.1 Å². The van der Waals surface area contributed by atoms with Gasteiger partial charge in [-0.1, -0.05) is 6.58 Å². The van der Waals surface area contributed by atoms with Crippen molar-refractivity contribution in [1.29, 1.82) is 0 Å². The van der Waals surface area contributed by atoms with Crippen LogP contribution < -0.4 is 0 Å². The van der Waals surface area contributed by atoms with Crippen LogP contribution in [0.4, 0.5) is 0 Å². The van der Waals surface area contributed by atoms with Crippen molar-refractivity contribution in [3.05, 3.63) is 12.7 Å². The molecular formula is C10H19NO5. The van der Waals surface area contributed by atoms with Crippen LogP contribution in [0.3, 0.4) is 0 Å². The van der Waals surface area contributed by atoms with Crippen LogP contribution in [0.2, 0.25) is 0 Å². The lowest BCUT2D eigenvalue weighted by Gasteiger charge is -2.18. The molecule has 94 valence electrons. The second-order valence-electron chi connectivity index (χ2n) is 3.22. The number of carbonyl (C=O) groups is 2. The average Bonchev–Trinajstić information content (AvgIpc) is 2.18. The normalized spacial score (nSPS) is 13.1. The van der Waals surface area contributed by atoms with Gasteiger partial charge in [0.25, 0.3) is 0 Å². The van der Waals surface area contributed by atoms with Crippen LogP contribution in [0.1, 0.15) is 13.8 Å². The van der Waals surface area contributed by atoms with Crippen molar-refractivity contribution < 1.29 is 24.5 Å². The molecule has 0 saturated heterocycles. The molecule has 0 aliphatic rings. The Balaban J connectivity index is 0. The summed E-state index contributed by atoms with van der Waals surface area (Å²) in [6.45, 7) is 6.27. The van der Waals surface area contributed by atoms with Crippen molar-refractivity contribution in [1.82, 2.24) is 4.90 Å². The Morgan fingerprint density at radius 1 is 1.38 bits per heavy atom. The molecule has 6 nitrogen and oxygen atoms in total. The number of carbonyl (C=O) groups excluding carboxylic acids is 1. The van der Waals surface area contributed by atoms with Gasteiger partial charge >= 0.3 is 11.9 Å². The maximum absolute atomic E-state index is 10.6. The molecule has 16 heavy (non-hydrogen) atoms. The minimum Gasteiger partial charge on any atom is -0.479 e. The molecule has 0 spiro atoms. The van der Waals surface area contributed by atoms with Gasteiger partial charge in [-0.05, 0) is 27.9 Å². The number of hydrogen-bond donors (Lipinski definition) is 2. The lowest BCUT2D eigenvalue weighted by molar-refractivity contribution is -0.149. The molecule has 6 heteroatoms. The van der Waals surface area contributed by atoms with Gasteiger partial charge in [-0.15, -0.1) is 0 Å². The highest BCUT2D eigenvalue weighted by molar-refractivity contribution is 5.81. The molecule has 0 radical (unpaired) electrons. The molecule has 2 unspecified atom stereocenters. The number of esters is 1. The third kappa shape index (κ3) is 10.7. The summed E-state index contributed by atoms with van der Waals surface area (Å²) in [6, 6.07) is 0. The van der Waals surface area contributed by atoms with Crippen LogP contribution in [0.25, 0.3) is 0 Å². The fourth-order valence-corrected chi connectivity index (χ4v) is 0.322. The van der Waals surface area contributed by atoms with Gasteiger partial charge in [-0.25, -0.2) is 9.59 Å². The fraction of sp³-hybridized carbons (Fsp3) is 0.600. The molecule has 0 amide bonds. The molecule has 0 aromatic rings. The molecule has 0 bridgehead atoms. The smallest absolute Gasteiger partial charge is 0.332 e. The minimum atomic E-state index is -1.23. The summed E-state index contributed by atoms with van der Waals surface area (Å²) in [4.78, 5) is 21.8. The molecule has 2 N–H and O–H groups in total. The zero-order valence-electron chi connectivity index (χ0n) is 10.0. The lowest BCUT2D eigenvalue weighted by Crippen LogP contribution is -2.29. The molecule has 0 heterocycles. The molecule has 0 fully saturated rings. The minimum absolute atomic E-state index is 0.189. The number of hydrogen-bond acceptors (Lipinski definition) is 5. The van der Waals surface area contributed by atoms with E-state index in [1.807, 2.05) is 14.1 Å². The van der Waals surface area contributed by atoms with Crippen molar-refractivity contribution >= 4 is 11.9 Å². The van der Waals surface area contributed by atoms with E-state index in [9.17, 15) is 9.59 Å². The first-order chi connectivity index (χ1) is 7.22. The summed E-state index contributed by atoms with van der Waals surface area (Å²) in [6.07, 6.45) is -0.268. The second kappa shape index (κ2) is 8.87. The van der Waals surface area contributed by atoms with Gasteiger partial charge in [0.2, 0.25) is 0 Å². The van der Waals surface area contributed by atoms with E-state index in [1.54, 1.807) is 11.8 Å². The topological polar surface area (TPSA) is 87.1 Å². The van der Waals surface area contributed by atoms with E-state index in [4.69, 9.17) is 14.9 Å². The van der Waals surface area contributed by atoms with E-state index in [2.05, 4.69) is 6.58 Å². The van der Waals surface area contributed by atoms with Gasteiger partial charge in [0, 0.05) is 6.08 Å². The number of nitrogens with zero attached hydrogens (tertiary/aromatic N) is 1. The fourth-order valence-electron chi connectivity index (χ4n) is 0.322. The quantitative estimate of drug-likeness (QED) is 0.406. The zero-order chi connectivity index (χ0) is 13.3. The Morgan fingerprint density at radius 3 is 1.94 bits per heavy atom. The van der Waals surface area contributed by atoms with Crippen LogP contribution in [0.15, 0.2) is 12.7 Å². The summed E-state index contributed by atoms with van der Waals surface area (Å²) in [5, 5.41) is 15.8. The third-order valence-corrected chi connectivity index (χ3v) is 1.54. The second-order valence-corrected chi connectivity index (χ2v) is 3.22. The van der Waals surface area contributed by atoms with Crippen LogP contribution in [-0.2, 0) is 14.3 Å². The standard InChI is InChI=1S/C7H13NO2.C3H6O3/c1-5-7(9)10-6(2)8(3)4;1-2(4)3(5)6/h5-6H,1H2,2-4H3;2,4H,1H3,(H,5,6). The zero-order valence-corrected chi connectivity index (χ0v) is 10.0. The number of aliphatic carboxylic acids is 1. The Kier molecular flexibility index (Phi) is 9.43. The van der Waals surface area contributed by atoms with Gasteiger partial charge in [-0.2, -0.15) is 0 Å². The summed E-state index contributed by atoms with van der Waals surface area (Å²) >= 11 is 0. The molecule has 0 aromatic heterocycles. The van der Waals surface area contributed by atoms with Crippen LogP contribution >= 0.6 is 0 Å². The SMILES string of the molecule is C=CC(=O)OC(C)N(C)C.CC(O)C(=O)O. The molecule has 0 aliphatic heterocycles. The predicted octanol–water partition coefficient (Wildman–Crippen LogP) is 0.0750. The monoisotopic (exact) mass is 233 g/mol. The first kappa shape index (κ1) is 17.0. The van der Waals surface area contributed by atoms with E-state index in [-0.39, 0.29) is 12.2 Å². The number of aliphatic hydroxyl groups excluding tert-OH is 1. The van der Waals surface area contributed by atoms with Gasteiger partial charge in [0.15, 0.2) is 6.23 Å². The largest absolute Gasteiger partial charge is 0.479 e. The van der Waals surface area contributed by atoms with Gasteiger partial charge in [0.05, 0.1) is 0 Å². The summed E-state index contributed by atoms with van der Waals surface area (Å²) < 4.78 is 4.83. The van der Waals surface area contributed by atoms with E-state index in [0.717, 1.165) is 6.08 Å². The summed E-state index contributed by atoms with van der Waals surface area (Å²) in [5.74, 6) is -1.57. The molecular weight excluding hydrogens is 214 g/mol. The van der Waals surface area contributed by atoms with E-state index >= 15 is 0 Å². The van der Waals surface area contributed by atoms with Crippen LogP contribution in [-0.4, -0.2) is 53.5 Å². The number of carboxylic acid groups (broad SMARTS) is 1. The summed E-state index contributed by atoms with van der Waals surface area (Å²) in [7, 11) is 3.67. The van der Waals surface area contributed by atoms with Gasteiger partial charge < -0.3 is 14.9 Å². The molecule has 0 rings (SSSR count). The highest BCUT2D eigenvalue weighted by Crippen LogP contribution is 1.94. The molecule has 0 aromatic carbocycles. The number of aliphatic hydroxyl groups is 1. The molecule has 0 saturated carbocycles. The van der Waals surface area contributed by atoms with Crippen molar-refractivity contribution in [2.24, 2.45) is 0 Å². The lowest BCUT2D eigenvalue weighted by atomic mass is 10.4. The maximum atomic E-state index is 10.6. The van der Waals surface area contributed by atoms with Crippen molar-refractivity contribution in [3.63, 3.8) is 0 Å². The maximum Gasteiger partial charge on any atom is 0.332 e. The molecule has 0 aliphatic carbocycles. The Bertz CT molecular complexity index is 237. The summed E-state index contributed by atoms with van der Waals surface area (Å²) in [5.41, 5.74) is 0. The Hall–Kier alpha value is -1.40. The third-order valence-electron chi connectivity index (χ3n) is 1.54. The van der Waals surface area contributed by atoms with E-state index in [0.29, 0.717) is 0 Å². The Labute approximate surface area is 95.1 Å².